The summed E-state index contributed by atoms with van der Waals surface area (Å²) in [4.78, 5) is 0. The molecule has 2 aromatic rings. The van der Waals surface area contributed by atoms with Crippen molar-refractivity contribution in [2.45, 2.75) is 18.9 Å². The van der Waals surface area contributed by atoms with E-state index in [1.807, 2.05) is 12.1 Å². The molecule has 1 fully saturated rings. The van der Waals surface area contributed by atoms with Crippen LogP contribution in [-0.2, 0) is 17.6 Å². The molecule has 19 heavy (non-hydrogen) atoms. The van der Waals surface area contributed by atoms with Gasteiger partial charge in [0, 0.05) is 0 Å². The monoisotopic (exact) mass is 254 g/mol. The normalized spacial score (nSPS) is 17.2. The molecule has 3 rings (SSSR count). The van der Waals surface area contributed by atoms with Gasteiger partial charge in [-0.3, -0.25) is 0 Å². The first-order valence-electron chi connectivity index (χ1n) is 6.77. The Hall–Kier alpha value is -1.80. The Morgan fingerprint density at radius 3 is 2.16 bits per heavy atom. The number of hydrogen-bond donors (Lipinski definition) is 0. The van der Waals surface area contributed by atoms with Crippen LogP contribution in [0.2, 0.25) is 0 Å². The molecule has 0 saturated carbocycles. The van der Waals surface area contributed by atoms with E-state index in [4.69, 9.17) is 9.47 Å². The van der Waals surface area contributed by atoms with Gasteiger partial charge in [0.25, 0.3) is 0 Å². The Morgan fingerprint density at radius 1 is 0.895 bits per heavy atom. The predicted molar refractivity (Wildman–Crippen MR) is 75.5 cm³/mol. The average Bonchev–Trinajstić information content (AvgIpc) is 3.29. The van der Waals surface area contributed by atoms with E-state index in [1.165, 1.54) is 11.1 Å². The van der Waals surface area contributed by atoms with Gasteiger partial charge in [-0.1, -0.05) is 42.5 Å². The highest BCUT2D eigenvalue weighted by Gasteiger charge is 2.22. The lowest BCUT2D eigenvalue weighted by Gasteiger charge is -2.06. The molecule has 0 spiro atoms. The number of epoxide rings is 1. The minimum atomic E-state index is 0.317. The van der Waals surface area contributed by atoms with Gasteiger partial charge in [-0.05, 0) is 36.1 Å². The second-order valence-electron chi connectivity index (χ2n) is 4.90. The van der Waals surface area contributed by atoms with E-state index in [0.717, 1.165) is 25.2 Å². The molecule has 98 valence electrons. The van der Waals surface area contributed by atoms with Gasteiger partial charge in [0.05, 0.1) is 6.61 Å². The van der Waals surface area contributed by atoms with Crippen LogP contribution >= 0.6 is 0 Å². The fourth-order valence-corrected chi connectivity index (χ4v) is 2.04. The van der Waals surface area contributed by atoms with E-state index in [-0.39, 0.29) is 0 Å². The molecule has 1 aliphatic heterocycles. The van der Waals surface area contributed by atoms with Crippen LogP contribution in [-0.4, -0.2) is 19.3 Å². The fourth-order valence-electron chi connectivity index (χ4n) is 2.04. The third-order valence-electron chi connectivity index (χ3n) is 3.31. The van der Waals surface area contributed by atoms with Gasteiger partial charge < -0.3 is 9.47 Å². The number of rotatable bonds is 6. The van der Waals surface area contributed by atoms with Crippen LogP contribution in [0.1, 0.15) is 11.1 Å². The van der Waals surface area contributed by atoms with Crippen LogP contribution < -0.4 is 4.74 Å². The Bertz CT molecular complexity index is 501. The summed E-state index contributed by atoms with van der Waals surface area (Å²) in [7, 11) is 0. The zero-order chi connectivity index (χ0) is 12.9. The number of ether oxygens (including phenoxy) is 2. The molecule has 0 aliphatic carbocycles. The first-order valence-corrected chi connectivity index (χ1v) is 6.77. The predicted octanol–water partition coefficient (Wildman–Crippen LogP) is 3.25. The minimum Gasteiger partial charge on any atom is -0.491 e. The van der Waals surface area contributed by atoms with Crippen LogP contribution in [0.3, 0.4) is 0 Å². The average molecular weight is 254 g/mol. The summed E-state index contributed by atoms with van der Waals surface area (Å²) in [5, 5.41) is 0. The molecule has 1 atom stereocenters. The molecule has 2 aromatic carbocycles. The summed E-state index contributed by atoms with van der Waals surface area (Å²) < 4.78 is 10.7. The molecule has 0 amide bonds. The van der Waals surface area contributed by atoms with Crippen molar-refractivity contribution in [3.8, 4) is 5.75 Å². The van der Waals surface area contributed by atoms with Gasteiger partial charge in [-0.25, -0.2) is 0 Å². The lowest BCUT2D eigenvalue weighted by atomic mass is 10.0. The maximum Gasteiger partial charge on any atom is 0.119 e. The van der Waals surface area contributed by atoms with E-state index in [1.54, 1.807) is 0 Å². The topological polar surface area (TPSA) is 21.8 Å². The van der Waals surface area contributed by atoms with Crippen LogP contribution in [0, 0.1) is 0 Å². The molecule has 0 radical (unpaired) electrons. The van der Waals surface area contributed by atoms with Crippen LogP contribution in [0.4, 0.5) is 0 Å². The molecule has 0 N–H and O–H groups in total. The molecule has 1 heterocycles. The van der Waals surface area contributed by atoms with Crippen molar-refractivity contribution >= 4 is 0 Å². The molecule has 1 unspecified atom stereocenters. The lowest BCUT2D eigenvalue weighted by Crippen LogP contribution is -2.03. The van der Waals surface area contributed by atoms with Crippen molar-refractivity contribution in [2.24, 2.45) is 0 Å². The molecule has 2 nitrogen and oxygen atoms in total. The number of hydrogen-bond acceptors (Lipinski definition) is 2. The SMILES string of the molecule is c1ccc(CCc2ccc(OCC3CO3)cc2)cc1. The Balaban J connectivity index is 1.50. The van der Waals surface area contributed by atoms with Gasteiger partial charge in [-0.15, -0.1) is 0 Å². The Labute approximate surface area is 114 Å². The van der Waals surface area contributed by atoms with Crippen LogP contribution in [0.5, 0.6) is 5.75 Å². The summed E-state index contributed by atoms with van der Waals surface area (Å²) >= 11 is 0. The van der Waals surface area contributed by atoms with Gasteiger partial charge in [0.15, 0.2) is 0 Å². The van der Waals surface area contributed by atoms with Crippen LogP contribution in [0.15, 0.2) is 54.6 Å². The van der Waals surface area contributed by atoms with Crippen LogP contribution in [0.25, 0.3) is 0 Å². The van der Waals surface area contributed by atoms with E-state index in [9.17, 15) is 0 Å². The second kappa shape index (κ2) is 5.89. The van der Waals surface area contributed by atoms with E-state index < -0.39 is 0 Å². The van der Waals surface area contributed by atoms with E-state index >= 15 is 0 Å². The van der Waals surface area contributed by atoms with E-state index in [2.05, 4.69) is 42.5 Å². The third kappa shape index (κ3) is 3.83. The summed E-state index contributed by atoms with van der Waals surface area (Å²) in [5.41, 5.74) is 2.73. The molecular weight excluding hydrogens is 236 g/mol. The highest BCUT2D eigenvalue weighted by Crippen LogP contribution is 2.16. The van der Waals surface area contributed by atoms with Crippen molar-refractivity contribution < 1.29 is 9.47 Å². The number of benzene rings is 2. The van der Waals surface area contributed by atoms with Crippen molar-refractivity contribution in [3.63, 3.8) is 0 Å². The van der Waals surface area contributed by atoms with Gasteiger partial charge >= 0.3 is 0 Å². The smallest absolute Gasteiger partial charge is 0.119 e. The van der Waals surface area contributed by atoms with E-state index in [0.29, 0.717) is 12.7 Å². The quantitative estimate of drug-likeness (QED) is 0.738. The minimum absolute atomic E-state index is 0.317. The first kappa shape index (κ1) is 12.2. The first-order chi connectivity index (χ1) is 9.40. The fraction of sp³-hybridized carbons (Fsp3) is 0.294. The zero-order valence-corrected chi connectivity index (χ0v) is 10.9. The highest BCUT2D eigenvalue weighted by atomic mass is 16.6. The second-order valence-corrected chi connectivity index (χ2v) is 4.90. The van der Waals surface area contributed by atoms with Crippen molar-refractivity contribution in [3.05, 3.63) is 65.7 Å². The molecule has 0 bridgehead atoms. The third-order valence-corrected chi connectivity index (χ3v) is 3.31. The molecule has 1 saturated heterocycles. The van der Waals surface area contributed by atoms with Crippen molar-refractivity contribution in [2.75, 3.05) is 13.2 Å². The molecular formula is C17H18O2. The summed E-state index contributed by atoms with van der Waals surface area (Å²) in [5.74, 6) is 0.930. The summed E-state index contributed by atoms with van der Waals surface area (Å²) in [6.45, 7) is 1.51. The van der Waals surface area contributed by atoms with Gasteiger partial charge in [-0.2, -0.15) is 0 Å². The van der Waals surface area contributed by atoms with Crippen molar-refractivity contribution in [1.82, 2.24) is 0 Å². The zero-order valence-electron chi connectivity index (χ0n) is 10.9. The van der Waals surface area contributed by atoms with Gasteiger partial charge in [0.1, 0.15) is 18.5 Å². The molecule has 2 heteroatoms. The summed E-state index contributed by atoms with van der Waals surface area (Å²) in [6, 6.07) is 19.0. The standard InChI is InChI=1S/C17H18O2/c1-2-4-14(5-3-1)6-7-15-8-10-16(11-9-15)18-12-17-13-19-17/h1-5,8-11,17H,6-7,12-13H2. The molecule has 0 aromatic heterocycles. The maximum atomic E-state index is 5.62. The van der Waals surface area contributed by atoms with Crippen molar-refractivity contribution in [1.29, 1.82) is 0 Å². The highest BCUT2D eigenvalue weighted by molar-refractivity contribution is 5.28. The Kier molecular flexibility index (Phi) is 3.80. The largest absolute Gasteiger partial charge is 0.491 e. The maximum absolute atomic E-state index is 5.62. The molecule has 1 aliphatic rings. The Morgan fingerprint density at radius 2 is 1.53 bits per heavy atom. The summed E-state index contributed by atoms with van der Waals surface area (Å²) in [6.07, 6.45) is 2.46. The van der Waals surface area contributed by atoms with Gasteiger partial charge in [0.2, 0.25) is 0 Å². The lowest BCUT2D eigenvalue weighted by molar-refractivity contribution is 0.263. The number of aryl methyl sites for hydroxylation is 2.